The van der Waals surface area contributed by atoms with Gasteiger partial charge in [0.15, 0.2) is 0 Å². The first-order valence-electron chi connectivity index (χ1n) is 10.3. The molecule has 8 heteroatoms. The van der Waals surface area contributed by atoms with Crippen molar-refractivity contribution in [2.45, 2.75) is 32.3 Å². The topological polar surface area (TPSA) is 85.5 Å². The average molecular weight is 442 g/mol. The van der Waals surface area contributed by atoms with Gasteiger partial charge in [0.25, 0.3) is 5.91 Å². The number of hydrogen-bond donors (Lipinski definition) is 1. The Balaban J connectivity index is 1.43. The quantitative estimate of drug-likeness (QED) is 0.631. The summed E-state index contributed by atoms with van der Waals surface area (Å²) in [7, 11) is 0. The molecule has 0 radical (unpaired) electrons. The van der Waals surface area contributed by atoms with Crippen LogP contribution in [0.1, 0.15) is 45.3 Å². The van der Waals surface area contributed by atoms with Gasteiger partial charge in [0.05, 0.1) is 13.2 Å². The number of rotatable bonds is 6. The Morgan fingerprint density at radius 2 is 2.19 bits per heavy atom. The van der Waals surface area contributed by atoms with Gasteiger partial charge >= 0.3 is 0 Å². The Kier molecular flexibility index (Phi) is 6.29. The van der Waals surface area contributed by atoms with Crippen molar-refractivity contribution < 1.29 is 18.7 Å². The summed E-state index contributed by atoms with van der Waals surface area (Å²) in [6.07, 6.45) is 3.06. The van der Waals surface area contributed by atoms with Gasteiger partial charge in [-0.2, -0.15) is 0 Å². The molecule has 1 saturated heterocycles. The zero-order valence-electron chi connectivity index (χ0n) is 17.3. The molecule has 1 fully saturated rings. The molecule has 0 aliphatic carbocycles. The van der Waals surface area contributed by atoms with Crippen molar-refractivity contribution >= 4 is 33.4 Å². The molecule has 0 unspecified atom stereocenters. The van der Waals surface area contributed by atoms with E-state index in [1.165, 1.54) is 17.4 Å². The Hall–Kier alpha value is -2.84. The standard InChI is InChI=1S/C23H24FN3O3S/c1-14-12-15(7-8-17(14)24)4-2-6-19(28)27-10-11-30-18(13-27)20-16-5-3-9-26-23(16)31-21(20)22(25)29/h3,5,7-9,12,18H,2,4,6,10-11,13H2,1H3,(H2,25,29)/t18-/m1/s1. The summed E-state index contributed by atoms with van der Waals surface area (Å²) in [5, 5.41) is 0.840. The van der Waals surface area contributed by atoms with Crippen LogP contribution in [0.4, 0.5) is 4.39 Å². The number of primary amides is 1. The molecule has 0 saturated carbocycles. The van der Waals surface area contributed by atoms with Gasteiger partial charge in [-0.25, -0.2) is 9.37 Å². The van der Waals surface area contributed by atoms with Gasteiger partial charge in [-0.15, -0.1) is 11.3 Å². The number of aromatic nitrogens is 1. The first kappa shape index (κ1) is 21.4. The molecule has 1 aromatic carbocycles. The molecule has 162 valence electrons. The molecular formula is C23H24FN3O3S. The minimum Gasteiger partial charge on any atom is -0.370 e. The van der Waals surface area contributed by atoms with Crippen LogP contribution in [0.25, 0.3) is 10.2 Å². The fourth-order valence-electron chi connectivity index (χ4n) is 3.97. The molecule has 31 heavy (non-hydrogen) atoms. The lowest BCUT2D eigenvalue weighted by Gasteiger charge is -2.33. The minimum absolute atomic E-state index is 0.0467. The van der Waals surface area contributed by atoms with Crippen LogP contribution in [-0.2, 0) is 16.0 Å². The van der Waals surface area contributed by atoms with Crippen molar-refractivity contribution in [2.24, 2.45) is 5.73 Å². The molecule has 3 heterocycles. The Labute approximate surface area is 183 Å². The van der Waals surface area contributed by atoms with Crippen LogP contribution < -0.4 is 5.73 Å². The summed E-state index contributed by atoms with van der Waals surface area (Å²) in [4.78, 5) is 32.1. The van der Waals surface area contributed by atoms with Gasteiger partial charge in [-0.3, -0.25) is 9.59 Å². The number of carbonyl (C=O) groups excluding carboxylic acids is 2. The van der Waals surface area contributed by atoms with Gasteiger partial charge in [0, 0.05) is 30.1 Å². The lowest BCUT2D eigenvalue weighted by Crippen LogP contribution is -2.42. The molecule has 0 spiro atoms. The maximum atomic E-state index is 13.4. The van der Waals surface area contributed by atoms with Gasteiger partial charge in [0.1, 0.15) is 21.6 Å². The van der Waals surface area contributed by atoms with E-state index in [9.17, 15) is 14.0 Å². The second kappa shape index (κ2) is 9.11. The van der Waals surface area contributed by atoms with E-state index in [1.807, 2.05) is 18.2 Å². The fourth-order valence-corrected chi connectivity index (χ4v) is 5.02. The summed E-state index contributed by atoms with van der Waals surface area (Å²) >= 11 is 1.25. The summed E-state index contributed by atoms with van der Waals surface area (Å²) in [6.45, 7) is 3.01. The fraction of sp³-hybridized carbons (Fsp3) is 0.348. The molecule has 1 aliphatic rings. The van der Waals surface area contributed by atoms with E-state index in [0.29, 0.717) is 49.4 Å². The molecule has 0 bridgehead atoms. The molecule has 2 N–H and O–H groups in total. The number of ether oxygens (including phenoxy) is 1. The van der Waals surface area contributed by atoms with Gasteiger partial charge < -0.3 is 15.4 Å². The first-order valence-corrected chi connectivity index (χ1v) is 11.1. The lowest BCUT2D eigenvalue weighted by atomic mass is 10.0. The van der Waals surface area contributed by atoms with Gasteiger partial charge in [0.2, 0.25) is 5.91 Å². The number of benzene rings is 1. The van der Waals surface area contributed by atoms with Crippen molar-refractivity contribution in [1.29, 1.82) is 0 Å². The monoisotopic (exact) mass is 441 g/mol. The van der Waals surface area contributed by atoms with Crippen molar-refractivity contribution in [2.75, 3.05) is 19.7 Å². The molecule has 3 aromatic rings. The van der Waals surface area contributed by atoms with E-state index in [1.54, 1.807) is 24.1 Å². The number of fused-ring (bicyclic) bond motifs is 1. The van der Waals surface area contributed by atoms with E-state index >= 15 is 0 Å². The highest BCUT2D eigenvalue weighted by atomic mass is 32.1. The molecule has 6 nitrogen and oxygen atoms in total. The Bertz CT molecular complexity index is 1130. The third-order valence-electron chi connectivity index (χ3n) is 5.55. The van der Waals surface area contributed by atoms with Crippen LogP contribution in [0.3, 0.4) is 0 Å². The number of nitrogens with two attached hydrogens (primary N) is 1. The predicted octanol–water partition coefficient (Wildman–Crippen LogP) is 3.77. The average Bonchev–Trinajstić information content (AvgIpc) is 3.16. The molecule has 4 rings (SSSR count). The SMILES string of the molecule is Cc1cc(CCCC(=O)N2CCO[C@@H](c3c(C(N)=O)sc4ncccc34)C2)ccc1F. The number of thiophene rings is 1. The van der Waals surface area contributed by atoms with Crippen LogP contribution in [0.15, 0.2) is 36.5 Å². The number of pyridine rings is 1. The van der Waals surface area contributed by atoms with Gasteiger partial charge in [-0.1, -0.05) is 18.2 Å². The second-order valence-corrected chi connectivity index (χ2v) is 8.70. The van der Waals surface area contributed by atoms with Crippen molar-refractivity contribution in [1.82, 2.24) is 9.88 Å². The number of amides is 2. The zero-order valence-corrected chi connectivity index (χ0v) is 18.1. The highest BCUT2D eigenvalue weighted by Gasteiger charge is 2.31. The minimum atomic E-state index is -0.514. The first-order chi connectivity index (χ1) is 14.9. The molecular weight excluding hydrogens is 417 g/mol. The van der Waals surface area contributed by atoms with Crippen LogP contribution in [0.5, 0.6) is 0 Å². The van der Waals surface area contributed by atoms with Crippen LogP contribution in [0.2, 0.25) is 0 Å². The van der Waals surface area contributed by atoms with Crippen molar-refractivity contribution in [3.8, 4) is 0 Å². The third-order valence-corrected chi connectivity index (χ3v) is 6.69. The van der Waals surface area contributed by atoms with Crippen molar-refractivity contribution in [3.63, 3.8) is 0 Å². The Morgan fingerprint density at radius 1 is 1.35 bits per heavy atom. The molecule has 1 aliphatic heterocycles. The highest BCUT2D eigenvalue weighted by Crippen LogP contribution is 2.37. The van der Waals surface area contributed by atoms with E-state index < -0.39 is 12.0 Å². The smallest absolute Gasteiger partial charge is 0.259 e. The van der Waals surface area contributed by atoms with E-state index in [4.69, 9.17) is 10.5 Å². The number of aryl methyl sites for hydroxylation is 2. The number of carbonyl (C=O) groups is 2. The van der Waals surface area contributed by atoms with E-state index in [2.05, 4.69) is 4.98 Å². The summed E-state index contributed by atoms with van der Waals surface area (Å²) in [6, 6.07) is 8.77. The predicted molar refractivity (Wildman–Crippen MR) is 117 cm³/mol. The van der Waals surface area contributed by atoms with Gasteiger partial charge in [-0.05, 0) is 43.0 Å². The van der Waals surface area contributed by atoms with E-state index in [-0.39, 0.29) is 11.7 Å². The summed E-state index contributed by atoms with van der Waals surface area (Å²) < 4.78 is 19.4. The van der Waals surface area contributed by atoms with Crippen LogP contribution in [-0.4, -0.2) is 41.4 Å². The molecule has 2 amide bonds. The van der Waals surface area contributed by atoms with Crippen molar-refractivity contribution in [3.05, 3.63) is 63.9 Å². The molecule has 1 atom stereocenters. The lowest BCUT2D eigenvalue weighted by molar-refractivity contribution is -0.139. The number of halogens is 1. The maximum absolute atomic E-state index is 13.4. The number of morpholine rings is 1. The second-order valence-electron chi connectivity index (χ2n) is 7.70. The van der Waals surface area contributed by atoms with Crippen LogP contribution in [0, 0.1) is 12.7 Å². The maximum Gasteiger partial charge on any atom is 0.259 e. The summed E-state index contributed by atoms with van der Waals surface area (Å²) in [5.41, 5.74) is 7.96. The van der Waals surface area contributed by atoms with E-state index in [0.717, 1.165) is 21.3 Å². The van der Waals surface area contributed by atoms with Crippen LogP contribution >= 0.6 is 11.3 Å². The summed E-state index contributed by atoms with van der Waals surface area (Å²) in [5.74, 6) is -0.685. The number of hydrogen-bond acceptors (Lipinski definition) is 5. The highest BCUT2D eigenvalue weighted by molar-refractivity contribution is 7.20. The number of nitrogens with zero attached hydrogens (tertiary/aromatic N) is 2. The zero-order chi connectivity index (χ0) is 22.0. The molecule has 2 aromatic heterocycles. The largest absolute Gasteiger partial charge is 0.370 e. The Morgan fingerprint density at radius 3 is 2.97 bits per heavy atom. The third kappa shape index (κ3) is 4.60. The normalized spacial score (nSPS) is 16.6.